The van der Waals surface area contributed by atoms with Crippen molar-refractivity contribution in [3.05, 3.63) is 68.0 Å². The minimum absolute atomic E-state index is 0.0733. The summed E-state index contributed by atoms with van der Waals surface area (Å²) in [5, 5.41) is 11.0. The van der Waals surface area contributed by atoms with Gasteiger partial charge in [0.1, 0.15) is 11.9 Å². The number of benzene rings is 1. The summed E-state index contributed by atoms with van der Waals surface area (Å²) in [6, 6.07) is 7.93. The molecule has 0 aliphatic rings. The van der Waals surface area contributed by atoms with Crippen molar-refractivity contribution in [3.63, 3.8) is 0 Å². The lowest BCUT2D eigenvalue weighted by atomic mass is 10.1. The van der Waals surface area contributed by atoms with Crippen LogP contribution in [0.3, 0.4) is 0 Å². The van der Waals surface area contributed by atoms with Crippen LogP contribution in [0.2, 0.25) is 0 Å². The van der Waals surface area contributed by atoms with Crippen LogP contribution in [0.15, 0.2) is 39.9 Å². The Balaban J connectivity index is 2.41. The molecule has 0 spiro atoms. The smallest absolute Gasteiger partial charge is 0.265 e. The van der Waals surface area contributed by atoms with E-state index in [9.17, 15) is 14.0 Å². The Morgan fingerprint density at radius 1 is 1.28 bits per heavy atom. The first-order valence-corrected chi connectivity index (χ1v) is 5.09. The van der Waals surface area contributed by atoms with E-state index in [-0.39, 0.29) is 17.7 Å². The molecule has 1 aromatic heterocycles. The zero-order valence-corrected chi connectivity index (χ0v) is 9.18. The number of nitrogens with zero attached hydrogens (tertiary/aromatic N) is 2. The summed E-state index contributed by atoms with van der Waals surface area (Å²) in [6.07, 6.45) is 0. The summed E-state index contributed by atoms with van der Waals surface area (Å²) in [5.41, 5.74) is -0.328. The largest absolute Gasteiger partial charge is 0.268 e. The van der Waals surface area contributed by atoms with Gasteiger partial charge >= 0.3 is 0 Å². The molecule has 2 aromatic rings. The molecule has 0 amide bonds. The van der Waals surface area contributed by atoms with Gasteiger partial charge in [-0.05, 0) is 17.7 Å². The number of aromatic nitrogens is 2. The van der Waals surface area contributed by atoms with E-state index in [0.29, 0.717) is 5.56 Å². The van der Waals surface area contributed by atoms with Crippen molar-refractivity contribution in [1.82, 2.24) is 9.78 Å². The first-order valence-electron chi connectivity index (χ1n) is 5.09. The highest BCUT2D eigenvalue weighted by molar-refractivity contribution is 5.34. The molecule has 0 saturated carbocycles. The van der Waals surface area contributed by atoms with E-state index < -0.39 is 11.4 Å². The number of hydrogen-bond donors (Lipinski definition) is 1. The van der Waals surface area contributed by atoms with Gasteiger partial charge in [-0.15, -0.1) is 0 Å². The molecule has 1 heterocycles. The van der Waals surface area contributed by atoms with E-state index in [0.717, 1.165) is 22.9 Å². The van der Waals surface area contributed by atoms with Crippen LogP contribution in [-0.2, 0) is 6.54 Å². The highest BCUT2D eigenvalue weighted by Gasteiger charge is 2.04. The van der Waals surface area contributed by atoms with Crippen LogP contribution in [-0.4, -0.2) is 9.78 Å². The second kappa shape index (κ2) is 4.67. The fourth-order valence-corrected chi connectivity index (χ4v) is 1.52. The van der Waals surface area contributed by atoms with E-state index in [1.807, 2.05) is 0 Å². The number of nitrogens with one attached hydrogen (secondary N) is 1. The third kappa shape index (κ3) is 2.35. The molecule has 1 N–H and O–H groups in total. The molecular formula is C12H8FN3O2. The average Bonchev–Trinajstić information content (AvgIpc) is 2.36. The molecule has 0 aliphatic carbocycles. The molecule has 2 rings (SSSR count). The Morgan fingerprint density at radius 3 is 2.78 bits per heavy atom. The van der Waals surface area contributed by atoms with E-state index >= 15 is 0 Å². The van der Waals surface area contributed by atoms with Crippen LogP contribution in [0.1, 0.15) is 11.1 Å². The van der Waals surface area contributed by atoms with Crippen molar-refractivity contribution >= 4 is 0 Å². The number of aromatic amines is 1. The SMILES string of the molecule is N#Cc1cc(Cn2[nH]c(=O)ccc2=O)ccc1F. The molecule has 0 fully saturated rings. The molecule has 90 valence electrons. The molecule has 0 unspecified atom stereocenters. The summed E-state index contributed by atoms with van der Waals surface area (Å²) >= 11 is 0. The summed E-state index contributed by atoms with van der Waals surface area (Å²) < 4.78 is 14.2. The molecule has 6 heteroatoms. The summed E-state index contributed by atoms with van der Waals surface area (Å²) in [4.78, 5) is 22.5. The van der Waals surface area contributed by atoms with Crippen LogP contribution in [0.25, 0.3) is 0 Å². The zero-order valence-electron chi connectivity index (χ0n) is 9.18. The first-order chi connectivity index (χ1) is 8.60. The molecule has 0 bridgehead atoms. The maximum absolute atomic E-state index is 13.1. The quantitative estimate of drug-likeness (QED) is 0.841. The van der Waals surface area contributed by atoms with E-state index in [1.165, 1.54) is 12.1 Å². The minimum Gasteiger partial charge on any atom is -0.268 e. The molecule has 0 radical (unpaired) electrons. The Kier molecular flexibility index (Phi) is 3.06. The highest BCUT2D eigenvalue weighted by atomic mass is 19.1. The van der Waals surface area contributed by atoms with Gasteiger partial charge in [0, 0.05) is 12.1 Å². The number of hydrogen-bond acceptors (Lipinski definition) is 3. The number of H-pyrrole nitrogens is 1. The van der Waals surface area contributed by atoms with Crippen molar-refractivity contribution in [2.24, 2.45) is 0 Å². The van der Waals surface area contributed by atoms with Gasteiger partial charge in [-0.2, -0.15) is 5.26 Å². The highest BCUT2D eigenvalue weighted by Crippen LogP contribution is 2.09. The van der Waals surface area contributed by atoms with Crippen molar-refractivity contribution in [3.8, 4) is 6.07 Å². The fourth-order valence-electron chi connectivity index (χ4n) is 1.52. The lowest BCUT2D eigenvalue weighted by molar-refractivity contribution is 0.612. The summed E-state index contributed by atoms with van der Waals surface area (Å²) in [7, 11) is 0. The van der Waals surface area contributed by atoms with Gasteiger partial charge < -0.3 is 0 Å². The third-order valence-corrected chi connectivity index (χ3v) is 2.38. The predicted molar refractivity (Wildman–Crippen MR) is 61.5 cm³/mol. The van der Waals surface area contributed by atoms with Crippen molar-refractivity contribution in [1.29, 1.82) is 5.26 Å². The van der Waals surface area contributed by atoms with Gasteiger partial charge in [-0.3, -0.25) is 14.7 Å². The molecule has 18 heavy (non-hydrogen) atoms. The van der Waals surface area contributed by atoms with Gasteiger partial charge in [0.2, 0.25) is 0 Å². The lowest BCUT2D eigenvalue weighted by Gasteiger charge is -2.05. The number of halogens is 1. The normalized spacial score (nSPS) is 10.0. The molecule has 1 aromatic carbocycles. The van der Waals surface area contributed by atoms with Gasteiger partial charge in [0.15, 0.2) is 0 Å². The van der Waals surface area contributed by atoms with Crippen molar-refractivity contribution < 1.29 is 4.39 Å². The molecular weight excluding hydrogens is 237 g/mol. The van der Waals surface area contributed by atoms with Crippen LogP contribution >= 0.6 is 0 Å². The Bertz CT molecular complexity index is 740. The second-order valence-corrected chi connectivity index (χ2v) is 3.66. The van der Waals surface area contributed by atoms with Crippen LogP contribution < -0.4 is 11.1 Å². The maximum atomic E-state index is 13.1. The molecule has 0 saturated heterocycles. The van der Waals surface area contributed by atoms with Crippen LogP contribution in [0.4, 0.5) is 4.39 Å². The van der Waals surface area contributed by atoms with Crippen molar-refractivity contribution in [2.45, 2.75) is 6.54 Å². The van der Waals surface area contributed by atoms with Crippen LogP contribution in [0, 0.1) is 17.1 Å². The lowest BCUT2D eigenvalue weighted by Crippen LogP contribution is -2.28. The van der Waals surface area contributed by atoms with Gasteiger partial charge in [0.05, 0.1) is 12.1 Å². The number of rotatable bonds is 2. The molecule has 5 nitrogen and oxygen atoms in total. The van der Waals surface area contributed by atoms with Gasteiger partial charge in [0.25, 0.3) is 11.1 Å². The topological polar surface area (TPSA) is 78.7 Å². The first kappa shape index (κ1) is 11.8. The van der Waals surface area contributed by atoms with Gasteiger partial charge in [-0.25, -0.2) is 9.07 Å². The zero-order chi connectivity index (χ0) is 13.1. The average molecular weight is 245 g/mol. The summed E-state index contributed by atoms with van der Waals surface area (Å²) in [6.45, 7) is 0.0733. The molecule has 0 aliphatic heterocycles. The Labute approximate surface area is 101 Å². The monoisotopic (exact) mass is 245 g/mol. The van der Waals surface area contributed by atoms with E-state index in [1.54, 1.807) is 6.07 Å². The maximum Gasteiger partial charge on any atom is 0.265 e. The van der Waals surface area contributed by atoms with Gasteiger partial charge in [-0.1, -0.05) is 6.07 Å². The number of nitriles is 1. The standard InChI is InChI=1S/C12H8FN3O2/c13-10-2-1-8(5-9(10)6-14)7-16-12(18)4-3-11(17)15-16/h1-5H,7H2,(H,15,17). The van der Waals surface area contributed by atoms with Crippen molar-refractivity contribution in [2.75, 3.05) is 0 Å². The predicted octanol–water partition coefficient (Wildman–Crippen LogP) is 0.596. The van der Waals surface area contributed by atoms with Crippen LogP contribution in [0.5, 0.6) is 0 Å². The molecule has 0 atom stereocenters. The minimum atomic E-state index is -0.616. The second-order valence-electron chi connectivity index (χ2n) is 3.66. The van der Waals surface area contributed by atoms with E-state index in [2.05, 4.69) is 5.10 Å². The Hall–Kier alpha value is -2.68. The Morgan fingerprint density at radius 2 is 2.06 bits per heavy atom. The summed E-state index contributed by atoms with van der Waals surface area (Å²) in [5.74, 6) is -0.616. The van der Waals surface area contributed by atoms with E-state index in [4.69, 9.17) is 5.26 Å². The fraction of sp³-hybridized carbons (Fsp3) is 0.0833. The third-order valence-electron chi connectivity index (χ3n) is 2.38.